The second-order valence-electron chi connectivity index (χ2n) is 5.65. The molecular formula is C15H19FN2O3S. The molecule has 2 amide bonds. The van der Waals surface area contributed by atoms with Gasteiger partial charge in [-0.3, -0.25) is 0 Å². The Labute approximate surface area is 133 Å². The summed E-state index contributed by atoms with van der Waals surface area (Å²) in [6, 6.07) is 3.64. The molecule has 1 aromatic rings. The van der Waals surface area contributed by atoms with Crippen molar-refractivity contribution in [2.45, 2.75) is 18.6 Å². The van der Waals surface area contributed by atoms with Gasteiger partial charge in [0, 0.05) is 29.3 Å². The molecule has 0 aliphatic carbocycles. The van der Waals surface area contributed by atoms with Gasteiger partial charge in [-0.2, -0.15) is 11.8 Å². The topological polar surface area (TPSA) is 58.6 Å². The Kier molecular flexibility index (Phi) is 4.95. The highest BCUT2D eigenvalue weighted by atomic mass is 32.2. The summed E-state index contributed by atoms with van der Waals surface area (Å²) < 4.78 is 18.3. The lowest BCUT2D eigenvalue weighted by Gasteiger charge is -2.37. The van der Waals surface area contributed by atoms with Gasteiger partial charge in [0.15, 0.2) is 0 Å². The second-order valence-corrected chi connectivity index (χ2v) is 7.45. The molecule has 22 heavy (non-hydrogen) atoms. The second kappa shape index (κ2) is 6.56. The van der Waals surface area contributed by atoms with E-state index in [9.17, 15) is 14.0 Å². The van der Waals surface area contributed by atoms with Crippen molar-refractivity contribution in [3.05, 3.63) is 29.6 Å². The number of methoxy groups -OCH3 is 1. The third kappa shape index (κ3) is 3.91. The van der Waals surface area contributed by atoms with Crippen molar-refractivity contribution in [2.24, 2.45) is 0 Å². The Hall–Kier alpha value is -1.76. The molecule has 1 saturated heterocycles. The Morgan fingerprint density at radius 2 is 2.14 bits per heavy atom. The van der Waals surface area contributed by atoms with Crippen molar-refractivity contribution in [3.8, 4) is 0 Å². The van der Waals surface area contributed by atoms with E-state index in [0.29, 0.717) is 18.8 Å². The molecule has 0 atom stereocenters. The van der Waals surface area contributed by atoms with Crippen LogP contribution in [0, 0.1) is 5.82 Å². The maximum Gasteiger partial charge on any atom is 0.340 e. The fourth-order valence-electron chi connectivity index (χ4n) is 2.26. The summed E-state index contributed by atoms with van der Waals surface area (Å²) >= 11 is 1.82. The van der Waals surface area contributed by atoms with E-state index in [-0.39, 0.29) is 16.3 Å². The first-order valence-electron chi connectivity index (χ1n) is 6.90. The van der Waals surface area contributed by atoms with Crippen LogP contribution in [0.4, 0.5) is 14.9 Å². The molecule has 1 aliphatic heterocycles. The molecule has 0 aromatic heterocycles. The summed E-state index contributed by atoms with van der Waals surface area (Å²) in [4.78, 5) is 25.3. The van der Waals surface area contributed by atoms with Crippen molar-refractivity contribution in [1.82, 2.24) is 4.90 Å². The van der Waals surface area contributed by atoms with E-state index in [0.717, 1.165) is 11.8 Å². The molecule has 0 unspecified atom stereocenters. The molecule has 1 aromatic carbocycles. The molecule has 5 nitrogen and oxygen atoms in total. The van der Waals surface area contributed by atoms with E-state index < -0.39 is 11.8 Å². The average molecular weight is 326 g/mol. The van der Waals surface area contributed by atoms with Crippen LogP contribution in [0.1, 0.15) is 24.2 Å². The van der Waals surface area contributed by atoms with Crippen molar-refractivity contribution in [2.75, 3.05) is 31.3 Å². The Morgan fingerprint density at radius 3 is 2.73 bits per heavy atom. The van der Waals surface area contributed by atoms with E-state index in [1.54, 1.807) is 4.90 Å². The Bertz CT molecular complexity index is 592. The number of nitrogens with zero attached hydrogens (tertiary/aromatic N) is 1. The van der Waals surface area contributed by atoms with Gasteiger partial charge in [-0.05, 0) is 32.0 Å². The van der Waals surface area contributed by atoms with Crippen LogP contribution < -0.4 is 5.32 Å². The molecule has 2 rings (SSSR count). The van der Waals surface area contributed by atoms with Crippen LogP contribution in [0.15, 0.2) is 18.2 Å². The first kappa shape index (κ1) is 16.6. The quantitative estimate of drug-likeness (QED) is 0.849. The van der Waals surface area contributed by atoms with Crippen molar-refractivity contribution >= 4 is 29.4 Å². The molecule has 120 valence electrons. The van der Waals surface area contributed by atoms with Gasteiger partial charge >= 0.3 is 12.0 Å². The van der Waals surface area contributed by atoms with Gasteiger partial charge in [0.2, 0.25) is 0 Å². The van der Waals surface area contributed by atoms with E-state index in [2.05, 4.69) is 23.9 Å². The molecular weight excluding hydrogens is 307 g/mol. The highest BCUT2D eigenvalue weighted by Crippen LogP contribution is 2.29. The lowest BCUT2D eigenvalue weighted by Crippen LogP contribution is -2.47. The number of anilines is 1. The van der Waals surface area contributed by atoms with E-state index in [1.165, 1.54) is 19.2 Å². The first-order valence-corrected chi connectivity index (χ1v) is 7.89. The number of benzene rings is 1. The highest BCUT2D eigenvalue weighted by molar-refractivity contribution is 8.00. The Balaban J connectivity index is 2.06. The van der Waals surface area contributed by atoms with Crippen LogP contribution in [0.3, 0.4) is 0 Å². The Morgan fingerprint density at radius 1 is 1.41 bits per heavy atom. The van der Waals surface area contributed by atoms with Gasteiger partial charge in [0.05, 0.1) is 12.7 Å². The number of hydrogen-bond donors (Lipinski definition) is 1. The molecule has 1 aliphatic rings. The van der Waals surface area contributed by atoms with Gasteiger partial charge in [-0.15, -0.1) is 0 Å². The zero-order valence-corrected chi connectivity index (χ0v) is 13.6. The summed E-state index contributed by atoms with van der Waals surface area (Å²) in [5.74, 6) is -0.597. The van der Waals surface area contributed by atoms with Crippen LogP contribution >= 0.6 is 11.8 Å². The monoisotopic (exact) mass is 326 g/mol. The van der Waals surface area contributed by atoms with Crippen molar-refractivity contribution in [3.63, 3.8) is 0 Å². The maximum absolute atomic E-state index is 13.8. The number of halogens is 1. The molecule has 1 heterocycles. The summed E-state index contributed by atoms with van der Waals surface area (Å²) in [5.41, 5.74) is 0.155. The molecule has 0 saturated carbocycles. The fraction of sp³-hybridized carbons (Fsp3) is 0.467. The third-order valence-corrected chi connectivity index (χ3v) is 4.64. The number of esters is 1. The summed E-state index contributed by atoms with van der Waals surface area (Å²) in [5, 5.41) is 2.66. The zero-order chi connectivity index (χ0) is 16.3. The number of nitrogens with one attached hydrogen (secondary N) is 1. The molecule has 0 bridgehead atoms. The predicted molar refractivity (Wildman–Crippen MR) is 84.9 cm³/mol. The van der Waals surface area contributed by atoms with Gasteiger partial charge in [-0.1, -0.05) is 0 Å². The van der Waals surface area contributed by atoms with Crippen molar-refractivity contribution < 1.29 is 18.7 Å². The van der Waals surface area contributed by atoms with E-state index >= 15 is 0 Å². The standard InChI is InChI=1S/C15H19FN2O3S/c1-15(2)9-18(6-7-22-15)14(20)17-10-4-5-11(12(16)8-10)13(19)21-3/h4-5,8H,6-7,9H2,1-3H3,(H,17,20). The minimum absolute atomic E-state index is 0.00951. The number of carbonyl (C=O) groups excluding carboxylic acids is 2. The number of hydrogen-bond acceptors (Lipinski definition) is 4. The highest BCUT2D eigenvalue weighted by Gasteiger charge is 2.29. The van der Waals surface area contributed by atoms with Gasteiger partial charge in [0.1, 0.15) is 5.82 Å². The van der Waals surface area contributed by atoms with E-state index in [1.807, 2.05) is 11.8 Å². The smallest absolute Gasteiger partial charge is 0.340 e. The molecule has 7 heteroatoms. The van der Waals surface area contributed by atoms with Gasteiger partial charge in [0.25, 0.3) is 0 Å². The summed E-state index contributed by atoms with van der Waals surface area (Å²) in [7, 11) is 1.19. The lowest BCUT2D eigenvalue weighted by molar-refractivity contribution is 0.0595. The molecule has 0 spiro atoms. The van der Waals surface area contributed by atoms with Crippen LogP contribution in [0.5, 0.6) is 0 Å². The predicted octanol–water partition coefficient (Wildman–Crippen LogP) is 2.97. The van der Waals surface area contributed by atoms with Gasteiger partial charge in [-0.25, -0.2) is 14.0 Å². The number of amides is 2. The zero-order valence-electron chi connectivity index (χ0n) is 12.8. The molecule has 1 N–H and O–H groups in total. The SMILES string of the molecule is COC(=O)c1ccc(NC(=O)N2CCSC(C)(C)C2)cc1F. The lowest BCUT2D eigenvalue weighted by atomic mass is 10.2. The van der Waals surface area contributed by atoms with Crippen molar-refractivity contribution in [1.29, 1.82) is 0 Å². The van der Waals surface area contributed by atoms with Gasteiger partial charge < -0.3 is 15.0 Å². The number of rotatable bonds is 2. The number of ether oxygens (including phenoxy) is 1. The van der Waals surface area contributed by atoms with Crippen LogP contribution in [-0.2, 0) is 4.74 Å². The summed E-state index contributed by atoms with van der Waals surface area (Å²) in [6.07, 6.45) is 0. The van der Waals surface area contributed by atoms with E-state index in [4.69, 9.17) is 0 Å². The fourth-order valence-corrected chi connectivity index (χ4v) is 3.37. The first-order chi connectivity index (χ1) is 10.3. The number of urea groups is 1. The third-order valence-electron chi connectivity index (χ3n) is 3.34. The largest absolute Gasteiger partial charge is 0.465 e. The summed E-state index contributed by atoms with van der Waals surface area (Å²) in [6.45, 7) is 5.46. The van der Waals surface area contributed by atoms with Crippen LogP contribution in [-0.4, -0.2) is 47.6 Å². The molecule has 0 radical (unpaired) electrons. The normalized spacial score (nSPS) is 17.0. The maximum atomic E-state index is 13.8. The van der Waals surface area contributed by atoms with Crippen LogP contribution in [0.25, 0.3) is 0 Å². The number of thioether (sulfide) groups is 1. The minimum atomic E-state index is -0.745. The van der Waals surface area contributed by atoms with Crippen LogP contribution in [0.2, 0.25) is 0 Å². The number of carbonyl (C=O) groups is 2. The minimum Gasteiger partial charge on any atom is -0.465 e. The molecule has 1 fully saturated rings. The average Bonchev–Trinajstić information content (AvgIpc) is 2.45.